The fourth-order valence-electron chi connectivity index (χ4n) is 2.30. The number of benzene rings is 1. The van der Waals surface area contributed by atoms with Crippen molar-refractivity contribution in [3.63, 3.8) is 0 Å². The van der Waals surface area contributed by atoms with Gasteiger partial charge in [0, 0.05) is 0 Å². The van der Waals surface area contributed by atoms with Crippen LogP contribution in [0.25, 0.3) is 0 Å². The summed E-state index contributed by atoms with van der Waals surface area (Å²) in [6, 6.07) is 9.77. The maximum absolute atomic E-state index is 11.7. The number of aliphatic carboxylic acids is 1. The monoisotopic (exact) mass is 333 g/mol. The zero-order valence-electron chi connectivity index (χ0n) is 14.2. The van der Waals surface area contributed by atoms with Crippen LogP contribution < -0.4 is 5.32 Å². The van der Waals surface area contributed by atoms with Crippen LogP contribution in [0.15, 0.2) is 41.6 Å². The number of carboxylic acid groups (broad SMARTS) is 1. The number of ether oxygens (including phenoxy) is 2. The summed E-state index contributed by atoms with van der Waals surface area (Å²) in [5, 5.41) is 11.6. The lowest BCUT2D eigenvalue weighted by Crippen LogP contribution is -2.37. The average Bonchev–Trinajstić information content (AvgIpc) is 2.43. The lowest BCUT2D eigenvalue weighted by molar-refractivity contribution is -0.133. The summed E-state index contributed by atoms with van der Waals surface area (Å²) in [7, 11) is 0. The number of amides is 1. The summed E-state index contributed by atoms with van der Waals surface area (Å²) in [5.41, 5.74) is 0.940. The van der Waals surface area contributed by atoms with Crippen molar-refractivity contribution in [2.75, 3.05) is 0 Å². The van der Waals surface area contributed by atoms with E-state index in [-0.39, 0.29) is 11.8 Å². The standard InChI is InChI=1S/C18H23NO5/c1-18(2,3)24-17(22)19-15(16(20)21)13-9-14(10-13)23-11-12-7-5-4-6-8-12/h4-8,14H,9-11H2,1-3H3,(H,19,22)(H,20,21). The first-order valence-electron chi connectivity index (χ1n) is 7.85. The van der Waals surface area contributed by atoms with Crippen LogP contribution in [0.2, 0.25) is 0 Å². The molecule has 0 saturated heterocycles. The highest BCUT2D eigenvalue weighted by Gasteiger charge is 2.31. The Morgan fingerprint density at radius 2 is 1.83 bits per heavy atom. The largest absolute Gasteiger partial charge is 0.477 e. The van der Waals surface area contributed by atoms with Crippen LogP contribution in [-0.2, 0) is 20.9 Å². The van der Waals surface area contributed by atoms with E-state index in [0.29, 0.717) is 25.0 Å². The Kier molecular flexibility index (Phi) is 5.62. The van der Waals surface area contributed by atoms with Gasteiger partial charge in [-0.25, -0.2) is 9.59 Å². The van der Waals surface area contributed by atoms with Gasteiger partial charge < -0.3 is 14.6 Å². The lowest BCUT2D eigenvalue weighted by Gasteiger charge is -2.31. The Bertz CT molecular complexity index is 623. The van der Waals surface area contributed by atoms with E-state index in [1.165, 1.54) is 0 Å². The average molecular weight is 333 g/mol. The van der Waals surface area contributed by atoms with Gasteiger partial charge in [-0.2, -0.15) is 0 Å². The molecule has 24 heavy (non-hydrogen) atoms. The van der Waals surface area contributed by atoms with Gasteiger partial charge in [-0.3, -0.25) is 5.32 Å². The number of alkyl carbamates (subject to hydrolysis) is 1. The molecule has 0 radical (unpaired) electrons. The molecule has 6 heteroatoms. The van der Waals surface area contributed by atoms with Crippen molar-refractivity contribution >= 4 is 12.1 Å². The molecule has 0 heterocycles. The summed E-state index contributed by atoms with van der Waals surface area (Å²) < 4.78 is 10.8. The fraction of sp³-hybridized carbons (Fsp3) is 0.444. The second-order valence-electron chi connectivity index (χ2n) is 6.74. The van der Waals surface area contributed by atoms with Gasteiger partial charge in [-0.05, 0) is 44.7 Å². The van der Waals surface area contributed by atoms with Crippen LogP contribution in [0, 0.1) is 0 Å². The summed E-state index contributed by atoms with van der Waals surface area (Å²) in [6.07, 6.45) is 0.185. The third-order valence-electron chi connectivity index (χ3n) is 3.47. The molecule has 0 spiro atoms. The van der Waals surface area contributed by atoms with E-state index in [9.17, 15) is 14.7 Å². The Hall–Kier alpha value is -2.34. The first-order valence-corrected chi connectivity index (χ1v) is 7.85. The normalized spacial score (nSPS) is 17.0. The molecule has 2 N–H and O–H groups in total. The van der Waals surface area contributed by atoms with Crippen molar-refractivity contribution in [2.45, 2.75) is 51.9 Å². The first-order chi connectivity index (χ1) is 11.2. The smallest absolute Gasteiger partial charge is 0.412 e. The fourth-order valence-corrected chi connectivity index (χ4v) is 2.30. The molecule has 1 saturated carbocycles. The molecular weight excluding hydrogens is 310 g/mol. The van der Waals surface area contributed by atoms with Crippen LogP contribution in [0.5, 0.6) is 0 Å². The van der Waals surface area contributed by atoms with E-state index in [2.05, 4.69) is 5.32 Å². The zero-order chi connectivity index (χ0) is 17.7. The van der Waals surface area contributed by atoms with Gasteiger partial charge >= 0.3 is 12.1 Å². The predicted molar refractivity (Wildman–Crippen MR) is 88.3 cm³/mol. The van der Waals surface area contributed by atoms with Crippen LogP contribution in [-0.4, -0.2) is 28.9 Å². The minimum Gasteiger partial charge on any atom is -0.477 e. The second kappa shape index (κ2) is 7.49. The molecule has 0 unspecified atom stereocenters. The van der Waals surface area contributed by atoms with Crippen LogP contribution in [0.1, 0.15) is 39.2 Å². The Labute approximate surface area is 141 Å². The highest BCUT2D eigenvalue weighted by Crippen LogP contribution is 2.32. The molecule has 0 aliphatic heterocycles. The minimum atomic E-state index is -1.17. The molecule has 1 aromatic rings. The Morgan fingerprint density at radius 3 is 2.38 bits per heavy atom. The third kappa shape index (κ3) is 5.38. The van der Waals surface area contributed by atoms with Crippen molar-refractivity contribution < 1.29 is 24.2 Å². The van der Waals surface area contributed by atoms with E-state index in [0.717, 1.165) is 5.56 Å². The molecular formula is C18H23NO5. The Balaban J connectivity index is 1.88. The number of carbonyl (C=O) groups excluding carboxylic acids is 1. The third-order valence-corrected chi connectivity index (χ3v) is 3.47. The molecule has 130 valence electrons. The molecule has 0 bridgehead atoms. The molecule has 1 aliphatic rings. The van der Waals surface area contributed by atoms with E-state index in [1.54, 1.807) is 20.8 Å². The summed E-state index contributed by atoms with van der Waals surface area (Å²) in [4.78, 5) is 23.1. The number of carbonyl (C=O) groups is 2. The van der Waals surface area contributed by atoms with Crippen molar-refractivity contribution in [2.24, 2.45) is 0 Å². The van der Waals surface area contributed by atoms with Crippen LogP contribution >= 0.6 is 0 Å². The van der Waals surface area contributed by atoms with E-state index >= 15 is 0 Å². The molecule has 2 rings (SSSR count). The number of carboxylic acids is 1. The van der Waals surface area contributed by atoms with E-state index in [4.69, 9.17) is 9.47 Å². The minimum absolute atomic E-state index is 0.0324. The second-order valence-corrected chi connectivity index (χ2v) is 6.74. The first kappa shape index (κ1) is 18.0. The molecule has 0 aromatic heterocycles. The molecule has 1 amide bonds. The number of hydrogen-bond acceptors (Lipinski definition) is 4. The summed E-state index contributed by atoms with van der Waals surface area (Å²) >= 11 is 0. The van der Waals surface area contributed by atoms with Gasteiger partial charge in [0.15, 0.2) is 0 Å². The van der Waals surface area contributed by atoms with Gasteiger partial charge in [-0.1, -0.05) is 30.3 Å². The van der Waals surface area contributed by atoms with Gasteiger partial charge in [0.25, 0.3) is 0 Å². The van der Waals surface area contributed by atoms with Gasteiger partial charge in [0.05, 0.1) is 12.7 Å². The predicted octanol–water partition coefficient (Wildman–Crippen LogP) is 3.23. The van der Waals surface area contributed by atoms with Crippen molar-refractivity contribution in [1.82, 2.24) is 5.32 Å². The van der Waals surface area contributed by atoms with Crippen LogP contribution in [0.3, 0.4) is 0 Å². The molecule has 1 aromatic carbocycles. The van der Waals surface area contributed by atoms with E-state index in [1.807, 2.05) is 30.3 Å². The Morgan fingerprint density at radius 1 is 1.21 bits per heavy atom. The van der Waals surface area contributed by atoms with Crippen molar-refractivity contribution in [3.8, 4) is 0 Å². The number of hydrogen-bond donors (Lipinski definition) is 2. The maximum Gasteiger partial charge on any atom is 0.412 e. The highest BCUT2D eigenvalue weighted by atomic mass is 16.6. The van der Waals surface area contributed by atoms with Gasteiger partial charge in [0.2, 0.25) is 0 Å². The molecule has 1 aliphatic carbocycles. The SMILES string of the molecule is CC(C)(C)OC(=O)NC(C(=O)O)=C1CC(OCc2ccccc2)C1. The molecule has 1 fully saturated rings. The number of rotatable bonds is 5. The highest BCUT2D eigenvalue weighted by molar-refractivity contribution is 5.92. The van der Waals surface area contributed by atoms with E-state index < -0.39 is 17.7 Å². The maximum atomic E-state index is 11.7. The topological polar surface area (TPSA) is 84.9 Å². The van der Waals surface area contributed by atoms with Crippen molar-refractivity contribution in [1.29, 1.82) is 0 Å². The van der Waals surface area contributed by atoms with Gasteiger partial charge in [0.1, 0.15) is 11.3 Å². The number of nitrogens with one attached hydrogen (secondary N) is 1. The molecule has 6 nitrogen and oxygen atoms in total. The lowest BCUT2D eigenvalue weighted by atomic mass is 9.87. The summed E-state index contributed by atoms with van der Waals surface area (Å²) in [5.74, 6) is -1.17. The van der Waals surface area contributed by atoms with Gasteiger partial charge in [-0.15, -0.1) is 0 Å². The summed E-state index contributed by atoms with van der Waals surface area (Å²) in [6.45, 7) is 5.64. The zero-order valence-corrected chi connectivity index (χ0v) is 14.2. The quantitative estimate of drug-likeness (QED) is 0.808. The molecule has 0 atom stereocenters. The van der Waals surface area contributed by atoms with Crippen LogP contribution in [0.4, 0.5) is 4.79 Å². The van der Waals surface area contributed by atoms with Crippen molar-refractivity contribution in [3.05, 3.63) is 47.2 Å².